The minimum absolute atomic E-state index is 0.168. The van der Waals surface area contributed by atoms with Crippen LogP contribution in [0.2, 0.25) is 5.02 Å². The van der Waals surface area contributed by atoms with E-state index in [0.717, 1.165) is 0 Å². The van der Waals surface area contributed by atoms with E-state index in [4.69, 9.17) is 22.1 Å². The van der Waals surface area contributed by atoms with Crippen LogP contribution in [0.4, 0.5) is 4.79 Å². The van der Waals surface area contributed by atoms with Crippen molar-refractivity contribution in [3.05, 3.63) is 28.8 Å². The molecule has 2 unspecified atom stereocenters. The first-order chi connectivity index (χ1) is 11.1. The van der Waals surface area contributed by atoms with Crippen LogP contribution in [-0.4, -0.2) is 40.7 Å². The molecule has 2 rings (SSSR count). The molecule has 1 heterocycles. The minimum atomic E-state index is -0.919. The van der Waals surface area contributed by atoms with E-state index >= 15 is 0 Å². The number of hydrogen-bond acceptors (Lipinski definition) is 3. The molecule has 1 aliphatic heterocycles. The highest BCUT2D eigenvalue weighted by atomic mass is 35.5. The standard InChI is InChI=1S/C17H23ClN2O4/c1-17(2,3)14-9-11(6-7-20(14)16(22)23)24-13-5-4-10(18)8-12(13)15(19)21/h4-5,8,11,14H,6-7,9H2,1-3H3,(H2,19,21)(H,22,23). The molecule has 0 spiro atoms. The number of carbonyl (C=O) groups excluding carboxylic acids is 1. The van der Waals surface area contributed by atoms with Crippen molar-refractivity contribution in [2.45, 2.75) is 45.8 Å². The summed E-state index contributed by atoms with van der Waals surface area (Å²) in [5.41, 5.74) is 5.40. The zero-order valence-electron chi connectivity index (χ0n) is 14.1. The summed E-state index contributed by atoms with van der Waals surface area (Å²) < 4.78 is 5.98. The molecule has 6 nitrogen and oxygen atoms in total. The summed E-state index contributed by atoms with van der Waals surface area (Å²) in [6, 6.07) is 4.57. The van der Waals surface area contributed by atoms with Gasteiger partial charge in [-0.1, -0.05) is 32.4 Å². The molecular weight excluding hydrogens is 332 g/mol. The lowest BCUT2D eigenvalue weighted by atomic mass is 9.80. The van der Waals surface area contributed by atoms with Crippen molar-refractivity contribution in [3.63, 3.8) is 0 Å². The molecule has 1 aromatic rings. The van der Waals surface area contributed by atoms with Gasteiger partial charge in [0.05, 0.1) is 5.56 Å². The first kappa shape index (κ1) is 18.4. The maximum Gasteiger partial charge on any atom is 0.407 e. The number of nitrogens with two attached hydrogens (primary N) is 1. The van der Waals surface area contributed by atoms with Gasteiger partial charge in [0.1, 0.15) is 11.9 Å². The summed E-state index contributed by atoms with van der Waals surface area (Å²) in [4.78, 5) is 24.5. The molecule has 0 bridgehead atoms. The van der Waals surface area contributed by atoms with Gasteiger partial charge in [0.25, 0.3) is 5.91 Å². The number of primary amides is 1. The van der Waals surface area contributed by atoms with Crippen LogP contribution in [0.15, 0.2) is 18.2 Å². The van der Waals surface area contributed by atoms with E-state index in [2.05, 4.69) is 0 Å². The second-order valence-corrected chi connectivity index (χ2v) is 7.56. The molecule has 0 radical (unpaired) electrons. The van der Waals surface area contributed by atoms with Gasteiger partial charge in [-0.15, -0.1) is 0 Å². The van der Waals surface area contributed by atoms with Crippen LogP contribution in [-0.2, 0) is 0 Å². The maximum atomic E-state index is 11.6. The van der Waals surface area contributed by atoms with Crippen LogP contribution in [0.5, 0.6) is 5.75 Å². The predicted molar refractivity (Wildman–Crippen MR) is 91.6 cm³/mol. The van der Waals surface area contributed by atoms with Crippen molar-refractivity contribution >= 4 is 23.6 Å². The quantitative estimate of drug-likeness (QED) is 0.870. The Morgan fingerprint density at radius 3 is 2.58 bits per heavy atom. The lowest BCUT2D eigenvalue weighted by Gasteiger charge is -2.44. The van der Waals surface area contributed by atoms with E-state index in [-0.39, 0.29) is 23.1 Å². The number of carboxylic acid groups (broad SMARTS) is 1. The third-order valence-electron chi connectivity index (χ3n) is 4.30. The fraction of sp³-hybridized carbons (Fsp3) is 0.529. The number of benzene rings is 1. The molecule has 0 aromatic heterocycles. The van der Waals surface area contributed by atoms with E-state index in [1.165, 1.54) is 11.0 Å². The Labute approximate surface area is 146 Å². The van der Waals surface area contributed by atoms with Gasteiger partial charge in [0, 0.05) is 30.5 Å². The largest absolute Gasteiger partial charge is 0.489 e. The van der Waals surface area contributed by atoms with Crippen molar-refractivity contribution < 1.29 is 19.4 Å². The van der Waals surface area contributed by atoms with E-state index < -0.39 is 12.0 Å². The van der Waals surface area contributed by atoms with E-state index in [0.29, 0.717) is 30.2 Å². The monoisotopic (exact) mass is 354 g/mol. The summed E-state index contributed by atoms with van der Waals surface area (Å²) in [6.07, 6.45) is -0.00197. The number of ether oxygens (including phenoxy) is 1. The van der Waals surface area contributed by atoms with Crippen LogP contribution in [0.25, 0.3) is 0 Å². The van der Waals surface area contributed by atoms with Crippen LogP contribution >= 0.6 is 11.6 Å². The third-order valence-corrected chi connectivity index (χ3v) is 4.54. The number of carbonyl (C=O) groups is 2. The predicted octanol–water partition coefficient (Wildman–Crippen LogP) is 3.37. The van der Waals surface area contributed by atoms with E-state index in [9.17, 15) is 14.7 Å². The highest BCUT2D eigenvalue weighted by molar-refractivity contribution is 6.31. The summed E-state index contributed by atoms with van der Waals surface area (Å²) in [7, 11) is 0. The normalized spacial score (nSPS) is 21.4. The molecule has 1 aromatic carbocycles. The van der Waals surface area contributed by atoms with Gasteiger partial charge >= 0.3 is 6.09 Å². The van der Waals surface area contributed by atoms with Gasteiger partial charge in [-0.2, -0.15) is 0 Å². The van der Waals surface area contributed by atoms with E-state index in [1.807, 2.05) is 20.8 Å². The summed E-state index contributed by atoms with van der Waals surface area (Å²) >= 11 is 5.91. The molecule has 1 saturated heterocycles. The second kappa shape index (κ2) is 6.89. The zero-order chi connectivity index (χ0) is 18.1. The van der Waals surface area contributed by atoms with Gasteiger partial charge in [-0.25, -0.2) is 4.79 Å². The highest BCUT2D eigenvalue weighted by Crippen LogP contribution is 2.34. The summed E-state index contributed by atoms with van der Waals surface area (Å²) in [5.74, 6) is -0.226. The average molecular weight is 355 g/mol. The average Bonchev–Trinajstić information content (AvgIpc) is 2.47. The van der Waals surface area contributed by atoms with Crippen LogP contribution in [0.1, 0.15) is 44.0 Å². The van der Waals surface area contributed by atoms with Crippen molar-refractivity contribution in [3.8, 4) is 5.75 Å². The fourth-order valence-electron chi connectivity index (χ4n) is 3.07. The minimum Gasteiger partial charge on any atom is -0.489 e. The molecule has 3 N–H and O–H groups in total. The van der Waals surface area contributed by atoms with Crippen LogP contribution in [0.3, 0.4) is 0 Å². The van der Waals surface area contributed by atoms with Gasteiger partial charge in [-0.3, -0.25) is 4.79 Å². The van der Waals surface area contributed by atoms with Crippen molar-refractivity contribution in [1.82, 2.24) is 4.90 Å². The SMILES string of the molecule is CC(C)(C)C1CC(Oc2ccc(Cl)cc2C(N)=O)CCN1C(=O)O. The summed E-state index contributed by atoms with van der Waals surface area (Å²) in [6.45, 7) is 6.41. The number of nitrogens with zero attached hydrogens (tertiary/aromatic N) is 1. The van der Waals surface area contributed by atoms with Crippen molar-refractivity contribution in [1.29, 1.82) is 0 Å². The number of rotatable bonds is 3. The molecule has 132 valence electrons. The van der Waals surface area contributed by atoms with Gasteiger partial charge < -0.3 is 20.5 Å². The molecule has 1 fully saturated rings. The Balaban J connectivity index is 2.20. The first-order valence-corrected chi connectivity index (χ1v) is 8.23. The highest BCUT2D eigenvalue weighted by Gasteiger charge is 2.39. The maximum absolute atomic E-state index is 11.6. The lowest BCUT2D eigenvalue weighted by molar-refractivity contribution is 0.0128. The third kappa shape index (κ3) is 4.12. The Kier molecular flexibility index (Phi) is 5.28. The number of likely N-dealkylation sites (tertiary alicyclic amines) is 1. The number of hydrogen-bond donors (Lipinski definition) is 2. The molecule has 0 aliphatic carbocycles. The zero-order valence-corrected chi connectivity index (χ0v) is 14.8. The summed E-state index contributed by atoms with van der Waals surface area (Å²) in [5, 5.41) is 9.81. The Hall–Kier alpha value is -1.95. The lowest BCUT2D eigenvalue weighted by Crippen LogP contribution is -2.53. The van der Waals surface area contributed by atoms with Crippen molar-refractivity contribution in [2.75, 3.05) is 6.54 Å². The molecule has 24 heavy (non-hydrogen) atoms. The Bertz CT molecular complexity index is 642. The second-order valence-electron chi connectivity index (χ2n) is 7.13. The van der Waals surface area contributed by atoms with E-state index in [1.54, 1.807) is 12.1 Å². The molecule has 7 heteroatoms. The van der Waals surface area contributed by atoms with Crippen LogP contribution < -0.4 is 10.5 Å². The first-order valence-electron chi connectivity index (χ1n) is 7.85. The topological polar surface area (TPSA) is 92.9 Å². The van der Waals surface area contributed by atoms with Gasteiger partial charge in [0.2, 0.25) is 0 Å². The number of piperidine rings is 1. The van der Waals surface area contributed by atoms with Crippen molar-refractivity contribution in [2.24, 2.45) is 11.1 Å². The van der Waals surface area contributed by atoms with Gasteiger partial charge in [0.15, 0.2) is 0 Å². The molecule has 2 atom stereocenters. The molecule has 1 aliphatic rings. The number of halogens is 1. The van der Waals surface area contributed by atoms with Crippen LogP contribution in [0, 0.1) is 5.41 Å². The Morgan fingerprint density at radius 2 is 2.04 bits per heavy atom. The molecule has 2 amide bonds. The Morgan fingerprint density at radius 1 is 1.38 bits per heavy atom. The fourth-order valence-corrected chi connectivity index (χ4v) is 3.24. The van der Waals surface area contributed by atoms with Gasteiger partial charge in [-0.05, 0) is 23.6 Å². The number of amides is 2. The molecular formula is C17H23ClN2O4. The smallest absolute Gasteiger partial charge is 0.407 e. The molecule has 0 saturated carbocycles.